The lowest BCUT2D eigenvalue weighted by Crippen LogP contribution is -2.42. The van der Waals surface area contributed by atoms with Crippen molar-refractivity contribution in [3.05, 3.63) is 88.7 Å². The Morgan fingerprint density at radius 1 is 1.00 bits per heavy atom. The largest absolute Gasteiger partial charge is 0.454 e. The van der Waals surface area contributed by atoms with Crippen LogP contribution in [0.25, 0.3) is 10.9 Å². The van der Waals surface area contributed by atoms with Crippen molar-refractivity contribution in [3.63, 3.8) is 0 Å². The monoisotopic (exact) mass is 524 g/mol. The van der Waals surface area contributed by atoms with E-state index in [4.69, 9.17) is 9.47 Å². The molecule has 1 aliphatic rings. The van der Waals surface area contributed by atoms with E-state index in [1.54, 1.807) is 54.6 Å². The fourth-order valence-corrected chi connectivity index (χ4v) is 5.25. The van der Waals surface area contributed by atoms with Crippen LogP contribution >= 0.6 is 11.8 Å². The summed E-state index contributed by atoms with van der Waals surface area (Å²) in [5.41, 5.74) is 3.23. The molecule has 0 radical (unpaired) electrons. The second-order valence-corrected chi connectivity index (χ2v) is 10.4. The number of hydrogen-bond donors (Lipinski definition) is 2. The van der Waals surface area contributed by atoms with Crippen molar-refractivity contribution >= 4 is 38.6 Å². The molecule has 0 fully saturated rings. The number of nitrogens with one attached hydrogen (secondary N) is 2. The lowest BCUT2D eigenvalue weighted by atomic mass is 10.2. The van der Waals surface area contributed by atoms with Crippen molar-refractivity contribution in [1.29, 1.82) is 0 Å². The standard InChI is InChI=1S/C24H20N4O6S2/c29-22(26-27-36(31,32)17-6-2-1-3-7-17)14-35-24-25-19-9-5-4-8-18(19)23(30)28(24)13-16-10-11-20-21(12-16)34-15-33-20/h1-12,27H,13-15H2,(H,26,29). The van der Waals surface area contributed by atoms with E-state index >= 15 is 0 Å². The van der Waals surface area contributed by atoms with Crippen molar-refractivity contribution < 1.29 is 22.7 Å². The van der Waals surface area contributed by atoms with E-state index in [9.17, 15) is 18.0 Å². The van der Waals surface area contributed by atoms with Gasteiger partial charge in [0.15, 0.2) is 16.7 Å². The number of rotatable bonds is 8. The summed E-state index contributed by atoms with van der Waals surface area (Å²) < 4.78 is 36.9. The minimum absolute atomic E-state index is 0.0201. The first kappa shape index (κ1) is 23.9. The van der Waals surface area contributed by atoms with E-state index in [0.717, 1.165) is 17.3 Å². The Hall–Kier alpha value is -3.87. The van der Waals surface area contributed by atoms with E-state index < -0.39 is 15.9 Å². The summed E-state index contributed by atoms with van der Waals surface area (Å²) in [7, 11) is -3.91. The molecule has 2 heterocycles. The average molecular weight is 525 g/mol. The number of aromatic nitrogens is 2. The number of hydrazine groups is 1. The highest BCUT2D eigenvalue weighted by atomic mass is 32.2. The first-order valence-electron chi connectivity index (χ1n) is 10.8. The van der Waals surface area contributed by atoms with Crippen LogP contribution in [0.5, 0.6) is 11.5 Å². The van der Waals surface area contributed by atoms with Gasteiger partial charge in [0.1, 0.15) is 0 Å². The van der Waals surface area contributed by atoms with Gasteiger partial charge in [-0.25, -0.2) is 13.4 Å². The second kappa shape index (κ2) is 10.0. The van der Waals surface area contributed by atoms with Gasteiger partial charge in [0, 0.05) is 0 Å². The van der Waals surface area contributed by atoms with Crippen LogP contribution in [0, 0.1) is 0 Å². The molecule has 12 heteroatoms. The molecule has 3 aromatic carbocycles. The van der Waals surface area contributed by atoms with Crippen LogP contribution < -0.4 is 25.3 Å². The zero-order valence-electron chi connectivity index (χ0n) is 18.7. The van der Waals surface area contributed by atoms with Crippen molar-refractivity contribution in [2.45, 2.75) is 16.6 Å². The quantitative estimate of drug-likeness (QED) is 0.204. The minimum Gasteiger partial charge on any atom is -0.454 e. The summed E-state index contributed by atoms with van der Waals surface area (Å²) in [6.07, 6.45) is 0. The van der Waals surface area contributed by atoms with E-state index in [1.165, 1.54) is 16.7 Å². The van der Waals surface area contributed by atoms with Gasteiger partial charge in [0.2, 0.25) is 12.7 Å². The molecule has 1 aromatic heterocycles. The van der Waals surface area contributed by atoms with Crippen LogP contribution in [0.2, 0.25) is 0 Å². The molecular weight excluding hydrogens is 504 g/mol. The van der Waals surface area contributed by atoms with Crippen molar-refractivity contribution in [3.8, 4) is 11.5 Å². The molecule has 0 unspecified atom stereocenters. The highest BCUT2D eigenvalue weighted by Gasteiger charge is 2.18. The Labute approximate surface area is 210 Å². The molecule has 0 aliphatic carbocycles. The molecule has 4 aromatic rings. The van der Waals surface area contributed by atoms with E-state index in [1.807, 2.05) is 6.07 Å². The van der Waals surface area contributed by atoms with Crippen LogP contribution in [-0.4, -0.2) is 36.4 Å². The molecule has 0 saturated heterocycles. The molecule has 5 rings (SSSR count). The smallest absolute Gasteiger partial charge is 0.262 e. The number of amides is 1. The predicted octanol–water partition coefficient (Wildman–Crippen LogP) is 2.28. The maximum Gasteiger partial charge on any atom is 0.262 e. The number of para-hydroxylation sites is 1. The van der Waals surface area contributed by atoms with Gasteiger partial charge < -0.3 is 9.47 Å². The van der Waals surface area contributed by atoms with E-state index in [-0.39, 0.29) is 29.5 Å². The van der Waals surface area contributed by atoms with Gasteiger partial charge in [-0.15, -0.1) is 4.83 Å². The Kier molecular flexibility index (Phi) is 6.63. The molecule has 0 atom stereocenters. The first-order chi connectivity index (χ1) is 17.4. The van der Waals surface area contributed by atoms with Crippen LogP contribution in [0.3, 0.4) is 0 Å². The zero-order valence-corrected chi connectivity index (χ0v) is 20.3. The van der Waals surface area contributed by atoms with Crippen LogP contribution in [-0.2, 0) is 21.4 Å². The third kappa shape index (κ3) is 5.05. The number of hydrogen-bond acceptors (Lipinski definition) is 8. The summed E-state index contributed by atoms with van der Waals surface area (Å²) in [6.45, 7) is 0.332. The summed E-state index contributed by atoms with van der Waals surface area (Å²) in [4.78, 5) is 32.4. The van der Waals surface area contributed by atoms with Gasteiger partial charge in [-0.1, -0.05) is 48.2 Å². The third-order valence-corrected chi connectivity index (χ3v) is 7.55. The number of fused-ring (bicyclic) bond motifs is 2. The number of sulfonamides is 1. The highest BCUT2D eigenvalue weighted by molar-refractivity contribution is 7.99. The normalized spacial score (nSPS) is 12.6. The molecule has 0 spiro atoms. The Morgan fingerprint density at radius 3 is 2.58 bits per heavy atom. The molecule has 36 heavy (non-hydrogen) atoms. The summed E-state index contributed by atoms with van der Waals surface area (Å²) in [5, 5.41) is 0.764. The summed E-state index contributed by atoms with van der Waals surface area (Å²) in [5.74, 6) is 0.445. The maximum absolute atomic E-state index is 13.3. The van der Waals surface area contributed by atoms with Gasteiger partial charge in [0.25, 0.3) is 15.6 Å². The molecule has 0 bridgehead atoms. The second-order valence-electron chi connectivity index (χ2n) is 7.75. The molecular formula is C24H20N4O6S2. The fourth-order valence-electron chi connectivity index (χ4n) is 3.57. The lowest BCUT2D eigenvalue weighted by Gasteiger charge is -2.14. The van der Waals surface area contributed by atoms with Gasteiger partial charge >= 0.3 is 0 Å². The van der Waals surface area contributed by atoms with Gasteiger partial charge in [-0.05, 0) is 42.0 Å². The minimum atomic E-state index is -3.91. The van der Waals surface area contributed by atoms with Crippen molar-refractivity contribution in [2.24, 2.45) is 0 Å². The first-order valence-corrected chi connectivity index (χ1v) is 13.2. The predicted molar refractivity (Wildman–Crippen MR) is 133 cm³/mol. The van der Waals surface area contributed by atoms with Crippen molar-refractivity contribution in [1.82, 2.24) is 19.8 Å². The van der Waals surface area contributed by atoms with E-state index in [0.29, 0.717) is 27.6 Å². The molecule has 0 saturated carbocycles. The van der Waals surface area contributed by atoms with Gasteiger partial charge in [-0.2, -0.15) is 0 Å². The third-order valence-electron chi connectivity index (χ3n) is 5.31. The summed E-state index contributed by atoms with van der Waals surface area (Å²) >= 11 is 1.02. The molecule has 184 valence electrons. The Morgan fingerprint density at radius 2 is 1.75 bits per heavy atom. The number of carbonyl (C=O) groups excluding carboxylic acids is 1. The SMILES string of the molecule is O=C(CSc1nc2ccccc2c(=O)n1Cc1ccc2c(c1)OCO2)NNS(=O)(=O)c1ccccc1. The lowest BCUT2D eigenvalue weighted by molar-refractivity contribution is -0.119. The average Bonchev–Trinajstić information content (AvgIpc) is 3.37. The number of thioether (sulfide) groups is 1. The number of benzene rings is 3. The summed E-state index contributed by atoms with van der Waals surface area (Å²) in [6, 6.07) is 20.0. The number of nitrogens with zero attached hydrogens (tertiary/aromatic N) is 2. The molecule has 1 amide bonds. The van der Waals surface area contributed by atoms with Crippen LogP contribution in [0.1, 0.15) is 5.56 Å². The maximum atomic E-state index is 13.3. The zero-order chi connectivity index (χ0) is 25.1. The number of ether oxygens (including phenoxy) is 2. The topological polar surface area (TPSA) is 129 Å². The number of carbonyl (C=O) groups is 1. The molecule has 2 N–H and O–H groups in total. The molecule has 10 nitrogen and oxygen atoms in total. The van der Waals surface area contributed by atoms with Crippen LogP contribution in [0.4, 0.5) is 0 Å². The van der Waals surface area contributed by atoms with Gasteiger partial charge in [0.05, 0.1) is 28.1 Å². The van der Waals surface area contributed by atoms with Crippen molar-refractivity contribution in [2.75, 3.05) is 12.5 Å². The Balaban J connectivity index is 1.35. The molecule has 1 aliphatic heterocycles. The highest BCUT2D eigenvalue weighted by Crippen LogP contribution is 2.33. The van der Waals surface area contributed by atoms with Gasteiger partial charge in [-0.3, -0.25) is 19.6 Å². The Bertz CT molecular complexity index is 1610. The van der Waals surface area contributed by atoms with E-state index in [2.05, 4.69) is 15.2 Å². The van der Waals surface area contributed by atoms with Crippen LogP contribution in [0.15, 0.2) is 87.6 Å². The fraction of sp³-hybridized carbons (Fsp3) is 0.125.